The van der Waals surface area contributed by atoms with Gasteiger partial charge in [0, 0.05) is 19.6 Å². The molecule has 2 atom stereocenters. The van der Waals surface area contributed by atoms with E-state index in [2.05, 4.69) is 5.32 Å². The Labute approximate surface area is 126 Å². The zero-order valence-corrected chi connectivity index (χ0v) is 12.2. The van der Waals surface area contributed by atoms with Crippen molar-refractivity contribution in [1.29, 1.82) is 0 Å². The number of amides is 1. The van der Waals surface area contributed by atoms with Gasteiger partial charge in [-0.2, -0.15) is 13.2 Å². The first kappa shape index (κ1) is 16.8. The Morgan fingerprint density at radius 1 is 1.36 bits per heavy atom. The zero-order valence-electron chi connectivity index (χ0n) is 12.2. The second kappa shape index (κ2) is 6.66. The Balaban J connectivity index is 2.23. The first-order valence-electron chi connectivity index (χ1n) is 7.20. The highest BCUT2D eigenvalue weighted by molar-refractivity contribution is 5.83. The predicted molar refractivity (Wildman–Crippen MR) is 75.1 cm³/mol. The molecule has 1 unspecified atom stereocenters. The van der Waals surface area contributed by atoms with Gasteiger partial charge in [-0.15, -0.1) is 0 Å². The quantitative estimate of drug-likeness (QED) is 0.893. The van der Waals surface area contributed by atoms with Gasteiger partial charge < -0.3 is 10.4 Å². The summed E-state index contributed by atoms with van der Waals surface area (Å²) < 4.78 is 37.8. The number of rotatable bonds is 4. The van der Waals surface area contributed by atoms with Crippen LogP contribution in [-0.2, 0) is 11.0 Å². The summed E-state index contributed by atoms with van der Waals surface area (Å²) >= 11 is 0. The third-order valence-corrected chi connectivity index (χ3v) is 3.78. The molecule has 4 nitrogen and oxygen atoms in total. The number of β-amino-alcohol motifs (C(OH)–C–C–N with tert-alkyl or cyclic N) is 1. The highest BCUT2D eigenvalue weighted by atomic mass is 19.4. The average molecular weight is 316 g/mol. The van der Waals surface area contributed by atoms with Crippen molar-refractivity contribution < 1.29 is 23.1 Å². The fourth-order valence-corrected chi connectivity index (χ4v) is 2.53. The van der Waals surface area contributed by atoms with Crippen LogP contribution in [0.15, 0.2) is 24.3 Å². The first-order valence-corrected chi connectivity index (χ1v) is 7.20. The number of carbonyl (C=O) groups is 1. The van der Waals surface area contributed by atoms with Crippen LogP contribution in [0.1, 0.15) is 30.5 Å². The number of benzene rings is 1. The van der Waals surface area contributed by atoms with E-state index in [1.807, 2.05) is 6.92 Å². The van der Waals surface area contributed by atoms with Crippen molar-refractivity contribution >= 4 is 5.91 Å². The van der Waals surface area contributed by atoms with Crippen molar-refractivity contribution in [3.05, 3.63) is 35.4 Å². The molecule has 1 saturated heterocycles. The minimum Gasteiger partial charge on any atom is -0.392 e. The van der Waals surface area contributed by atoms with Crippen LogP contribution in [0.2, 0.25) is 0 Å². The van der Waals surface area contributed by atoms with Crippen molar-refractivity contribution in [1.82, 2.24) is 10.2 Å². The largest absolute Gasteiger partial charge is 0.416 e. The number of nitrogens with one attached hydrogen (secondary N) is 1. The molecule has 122 valence electrons. The number of hydrogen-bond donors (Lipinski definition) is 2. The van der Waals surface area contributed by atoms with Crippen LogP contribution in [0.4, 0.5) is 13.2 Å². The standard InChI is InChI=1S/C15H19F3N2O2/c1-2-12(21)9-20-8-7-19-14(22)13(20)10-3-5-11(6-4-10)15(16,17)18/h3-6,12-13,21H,2,7-9H2,1H3,(H,19,22)/t12-,13?/m1/s1. The van der Waals surface area contributed by atoms with E-state index in [1.165, 1.54) is 12.1 Å². The van der Waals surface area contributed by atoms with Gasteiger partial charge in [-0.3, -0.25) is 9.69 Å². The molecular formula is C15H19F3N2O2. The van der Waals surface area contributed by atoms with Crippen molar-refractivity contribution in [3.8, 4) is 0 Å². The van der Waals surface area contributed by atoms with Gasteiger partial charge in [0.15, 0.2) is 0 Å². The molecule has 0 spiro atoms. The van der Waals surface area contributed by atoms with E-state index in [-0.39, 0.29) is 5.91 Å². The number of alkyl halides is 3. The molecule has 1 aliphatic heterocycles. The summed E-state index contributed by atoms with van der Waals surface area (Å²) in [6, 6.07) is 3.93. The van der Waals surface area contributed by atoms with E-state index in [0.717, 1.165) is 12.1 Å². The van der Waals surface area contributed by atoms with E-state index >= 15 is 0 Å². The van der Waals surface area contributed by atoms with Crippen LogP contribution < -0.4 is 5.32 Å². The molecule has 7 heteroatoms. The summed E-state index contributed by atoms with van der Waals surface area (Å²) in [6.07, 6.45) is -4.41. The molecule has 1 aromatic carbocycles. The Morgan fingerprint density at radius 3 is 2.55 bits per heavy atom. The molecule has 1 aromatic rings. The van der Waals surface area contributed by atoms with Gasteiger partial charge in [0.2, 0.25) is 5.91 Å². The van der Waals surface area contributed by atoms with E-state index < -0.39 is 23.9 Å². The molecule has 0 bridgehead atoms. The molecule has 0 aliphatic carbocycles. The number of halogens is 3. The third kappa shape index (κ3) is 3.78. The molecule has 1 aliphatic rings. The number of carbonyl (C=O) groups excluding carboxylic acids is 1. The van der Waals surface area contributed by atoms with Gasteiger partial charge in [-0.05, 0) is 24.1 Å². The summed E-state index contributed by atoms with van der Waals surface area (Å²) in [4.78, 5) is 13.9. The maximum absolute atomic E-state index is 12.6. The number of piperazine rings is 1. The monoisotopic (exact) mass is 316 g/mol. The smallest absolute Gasteiger partial charge is 0.392 e. The van der Waals surface area contributed by atoms with E-state index in [0.29, 0.717) is 31.6 Å². The van der Waals surface area contributed by atoms with Crippen molar-refractivity contribution in [3.63, 3.8) is 0 Å². The second-order valence-electron chi connectivity index (χ2n) is 5.37. The molecular weight excluding hydrogens is 297 g/mol. The molecule has 1 fully saturated rings. The van der Waals surface area contributed by atoms with E-state index in [1.54, 1.807) is 4.90 Å². The number of nitrogens with zero attached hydrogens (tertiary/aromatic N) is 1. The van der Waals surface area contributed by atoms with E-state index in [9.17, 15) is 23.1 Å². The van der Waals surface area contributed by atoms with Crippen molar-refractivity contribution in [2.45, 2.75) is 31.7 Å². The highest BCUT2D eigenvalue weighted by Gasteiger charge is 2.34. The molecule has 0 saturated carbocycles. The molecule has 0 aromatic heterocycles. The number of aliphatic hydroxyl groups excluding tert-OH is 1. The molecule has 2 rings (SSSR count). The van der Waals surface area contributed by atoms with Crippen LogP contribution in [0.25, 0.3) is 0 Å². The van der Waals surface area contributed by atoms with Crippen LogP contribution in [-0.4, -0.2) is 41.7 Å². The predicted octanol–water partition coefficient (Wildman–Crippen LogP) is 1.95. The lowest BCUT2D eigenvalue weighted by Gasteiger charge is -2.36. The SMILES string of the molecule is CC[C@@H](O)CN1CCNC(=O)C1c1ccc(C(F)(F)F)cc1. The van der Waals surface area contributed by atoms with Gasteiger partial charge in [0.05, 0.1) is 11.7 Å². The lowest BCUT2D eigenvalue weighted by atomic mass is 10.00. The lowest BCUT2D eigenvalue weighted by molar-refractivity contribution is -0.137. The summed E-state index contributed by atoms with van der Waals surface area (Å²) in [5.41, 5.74) is -0.249. The summed E-state index contributed by atoms with van der Waals surface area (Å²) in [5, 5.41) is 12.5. The lowest BCUT2D eigenvalue weighted by Crippen LogP contribution is -2.51. The van der Waals surface area contributed by atoms with Crippen LogP contribution >= 0.6 is 0 Å². The zero-order chi connectivity index (χ0) is 16.3. The van der Waals surface area contributed by atoms with Crippen LogP contribution in [0, 0.1) is 0 Å². The Kier molecular flexibility index (Phi) is 5.08. The normalized spacial score (nSPS) is 21.5. The van der Waals surface area contributed by atoms with Gasteiger partial charge in [-0.25, -0.2) is 0 Å². The molecule has 2 N–H and O–H groups in total. The van der Waals surface area contributed by atoms with Crippen LogP contribution in [0.3, 0.4) is 0 Å². The maximum atomic E-state index is 12.6. The van der Waals surface area contributed by atoms with Crippen LogP contribution in [0.5, 0.6) is 0 Å². The number of aliphatic hydroxyl groups is 1. The Morgan fingerprint density at radius 2 is 2.00 bits per heavy atom. The summed E-state index contributed by atoms with van der Waals surface area (Å²) in [7, 11) is 0. The summed E-state index contributed by atoms with van der Waals surface area (Å²) in [5.74, 6) is -0.255. The van der Waals surface area contributed by atoms with Crippen molar-refractivity contribution in [2.24, 2.45) is 0 Å². The fraction of sp³-hybridized carbons (Fsp3) is 0.533. The third-order valence-electron chi connectivity index (χ3n) is 3.78. The van der Waals surface area contributed by atoms with Gasteiger partial charge in [0.25, 0.3) is 0 Å². The Bertz CT molecular complexity index is 517. The second-order valence-corrected chi connectivity index (χ2v) is 5.37. The minimum atomic E-state index is -4.40. The maximum Gasteiger partial charge on any atom is 0.416 e. The Hall–Kier alpha value is -1.60. The first-order chi connectivity index (χ1) is 10.3. The number of hydrogen-bond acceptors (Lipinski definition) is 3. The van der Waals surface area contributed by atoms with Gasteiger partial charge >= 0.3 is 6.18 Å². The molecule has 1 heterocycles. The summed E-state index contributed by atoms with van der Waals surface area (Å²) in [6.45, 7) is 3.16. The molecule has 0 radical (unpaired) electrons. The van der Waals surface area contributed by atoms with Gasteiger partial charge in [0.1, 0.15) is 6.04 Å². The van der Waals surface area contributed by atoms with E-state index in [4.69, 9.17) is 0 Å². The molecule has 22 heavy (non-hydrogen) atoms. The highest BCUT2D eigenvalue weighted by Crippen LogP contribution is 2.31. The van der Waals surface area contributed by atoms with Gasteiger partial charge in [-0.1, -0.05) is 19.1 Å². The minimum absolute atomic E-state index is 0.255. The topological polar surface area (TPSA) is 52.6 Å². The average Bonchev–Trinajstić information content (AvgIpc) is 2.46. The fourth-order valence-electron chi connectivity index (χ4n) is 2.53. The molecule has 1 amide bonds. The van der Waals surface area contributed by atoms with Crippen molar-refractivity contribution in [2.75, 3.05) is 19.6 Å².